The Hall–Kier alpha value is -4.54. The molecule has 166 valence electrons. The molecule has 0 fully saturated rings. The lowest BCUT2D eigenvalue weighted by molar-refractivity contribution is 0.313. The number of hydrogen-bond donors (Lipinski definition) is 0. The summed E-state index contributed by atoms with van der Waals surface area (Å²) < 4.78 is 19.5. The first kappa shape index (κ1) is 20.4. The number of ether oxygens (including phenoxy) is 3. The van der Waals surface area contributed by atoms with Crippen molar-refractivity contribution in [3.05, 3.63) is 59.3 Å². The molecule has 11 heteroatoms. The Morgan fingerprint density at radius 1 is 1.03 bits per heavy atom. The van der Waals surface area contributed by atoms with Crippen molar-refractivity contribution in [3.63, 3.8) is 0 Å². The second-order valence-electron chi connectivity index (χ2n) is 7.04. The first-order chi connectivity index (χ1) is 16.1. The molecule has 0 aliphatic heterocycles. The summed E-state index contributed by atoms with van der Waals surface area (Å²) >= 11 is 0. The lowest BCUT2D eigenvalue weighted by Gasteiger charge is -2.12. The highest BCUT2D eigenvalue weighted by molar-refractivity contribution is 5.79. The highest BCUT2D eigenvalue weighted by atomic mass is 16.5. The van der Waals surface area contributed by atoms with Crippen molar-refractivity contribution in [1.29, 1.82) is 0 Å². The molecular formula is C22H19N7O4. The van der Waals surface area contributed by atoms with Crippen molar-refractivity contribution >= 4 is 22.1 Å². The molecule has 4 heterocycles. The van der Waals surface area contributed by atoms with E-state index in [2.05, 4.69) is 25.0 Å². The van der Waals surface area contributed by atoms with E-state index in [0.717, 1.165) is 10.9 Å². The number of rotatable bonds is 6. The Kier molecular flexibility index (Phi) is 5.05. The molecule has 0 unspecified atom stereocenters. The number of pyridine rings is 1. The Balaban J connectivity index is 1.67. The fourth-order valence-electron chi connectivity index (χ4n) is 3.38. The van der Waals surface area contributed by atoms with Crippen LogP contribution in [0.2, 0.25) is 0 Å². The van der Waals surface area contributed by atoms with Crippen LogP contribution < -0.4 is 19.8 Å². The molecule has 0 saturated heterocycles. The molecule has 0 radical (unpaired) electrons. The molecule has 0 aliphatic carbocycles. The van der Waals surface area contributed by atoms with E-state index in [-0.39, 0.29) is 17.5 Å². The maximum Gasteiger partial charge on any atom is 0.320 e. The van der Waals surface area contributed by atoms with Gasteiger partial charge in [-0.05, 0) is 31.2 Å². The zero-order chi connectivity index (χ0) is 22.9. The molecule has 33 heavy (non-hydrogen) atoms. The third-order valence-electron chi connectivity index (χ3n) is 4.81. The second-order valence-corrected chi connectivity index (χ2v) is 7.04. The minimum atomic E-state index is -0.512. The van der Waals surface area contributed by atoms with E-state index >= 15 is 0 Å². The third kappa shape index (κ3) is 3.80. The molecule has 1 aromatic carbocycles. The molecule has 0 aliphatic rings. The molecule has 4 aromatic heterocycles. The summed E-state index contributed by atoms with van der Waals surface area (Å²) in [6.07, 6.45) is 4.85. The Morgan fingerprint density at radius 3 is 2.67 bits per heavy atom. The van der Waals surface area contributed by atoms with Gasteiger partial charge in [-0.1, -0.05) is 0 Å². The smallest absolute Gasteiger partial charge is 0.320 e. The largest absolute Gasteiger partial charge is 0.481 e. The van der Waals surface area contributed by atoms with Gasteiger partial charge in [-0.15, -0.1) is 0 Å². The van der Waals surface area contributed by atoms with Crippen LogP contribution in [0.3, 0.4) is 0 Å². The fourth-order valence-corrected chi connectivity index (χ4v) is 3.38. The molecule has 0 saturated carbocycles. The SMILES string of the molecule is CCOc1ncc2nc(Oc3ccc4nn(C)cc4c3)c(=O)n(-c3ccc(OC)nc3)c2n1. The van der Waals surface area contributed by atoms with Gasteiger partial charge in [0.25, 0.3) is 5.88 Å². The van der Waals surface area contributed by atoms with Gasteiger partial charge in [-0.3, -0.25) is 14.0 Å². The van der Waals surface area contributed by atoms with E-state index in [1.54, 1.807) is 28.9 Å². The summed E-state index contributed by atoms with van der Waals surface area (Å²) in [7, 11) is 3.35. The van der Waals surface area contributed by atoms with Crippen molar-refractivity contribution in [1.82, 2.24) is 34.3 Å². The predicted octanol–water partition coefficient (Wildman–Crippen LogP) is 2.66. The maximum absolute atomic E-state index is 13.5. The predicted molar refractivity (Wildman–Crippen MR) is 119 cm³/mol. The van der Waals surface area contributed by atoms with Gasteiger partial charge in [-0.25, -0.2) is 15.0 Å². The van der Waals surface area contributed by atoms with Crippen LogP contribution in [0.25, 0.3) is 27.8 Å². The minimum Gasteiger partial charge on any atom is -0.481 e. The van der Waals surface area contributed by atoms with Crippen LogP contribution >= 0.6 is 0 Å². The fraction of sp³-hybridized carbons (Fsp3) is 0.182. The Labute approximate surface area is 187 Å². The number of hydrogen-bond acceptors (Lipinski definition) is 9. The van der Waals surface area contributed by atoms with Crippen molar-refractivity contribution in [2.75, 3.05) is 13.7 Å². The number of nitrogens with zero attached hydrogens (tertiary/aromatic N) is 7. The van der Waals surface area contributed by atoms with Gasteiger partial charge in [0, 0.05) is 24.7 Å². The first-order valence-electron chi connectivity index (χ1n) is 10.1. The van der Waals surface area contributed by atoms with E-state index in [1.165, 1.54) is 24.1 Å². The summed E-state index contributed by atoms with van der Waals surface area (Å²) in [6, 6.07) is 8.82. The van der Waals surface area contributed by atoms with Crippen molar-refractivity contribution in [2.45, 2.75) is 6.92 Å². The van der Waals surface area contributed by atoms with Crippen molar-refractivity contribution < 1.29 is 14.2 Å². The number of benzene rings is 1. The summed E-state index contributed by atoms with van der Waals surface area (Å²) in [5.41, 5.74) is 1.38. The van der Waals surface area contributed by atoms with Crippen LogP contribution in [-0.2, 0) is 7.05 Å². The number of aryl methyl sites for hydroxylation is 1. The average Bonchev–Trinajstić information content (AvgIpc) is 3.19. The molecule has 11 nitrogen and oxygen atoms in total. The standard InChI is InChI=1S/C22H19N7O4/c1-4-32-22-24-11-17-19(26-22)29(14-5-8-18(31-3)23-10-14)21(30)20(25-17)33-15-6-7-16-13(9-15)12-28(2)27-16/h5-12H,4H2,1-3H3. The van der Waals surface area contributed by atoms with Crippen LogP contribution in [0.4, 0.5) is 0 Å². The summed E-state index contributed by atoms with van der Waals surface area (Å²) in [6.45, 7) is 2.20. The van der Waals surface area contributed by atoms with Crippen LogP contribution in [0.15, 0.2) is 53.7 Å². The average molecular weight is 445 g/mol. The topological polar surface area (TPSA) is 119 Å². The second kappa shape index (κ2) is 8.19. The molecule has 5 rings (SSSR count). The lowest BCUT2D eigenvalue weighted by Crippen LogP contribution is -2.23. The molecule has 0 N–H and O–H groups in total. The molecule has 0 bridgehead atoms. The number of fused-ring (bicyclic) bond motifs is 2. The van der Waals surface area contributed by atoms with Gasteiger partial charge in [0.15, 0.2) is 5.65 Å². The molecule has 5 aromatic rings. The molecular weight excluding hydrogens is 426 g/mol. The van der Waals surface area contributed by atoms with Crippen LogP contribution in [0.5, 0.6) is 23.5 Å². The summed E-state index contributed by atoms with van der Waals surface area (Å²) in [4.78, 5) is 30.6. The van der Waals surface area contributed by atoms with Gasteiger partial charge in [0.05, 0.1) is 37.3 Å². The van der Waals surface area contributed by atoms with E-state index in [4.69, 9.17) is 14.2 Å². The van der Waals surface area contributed by atoms with Gasteiger partial charge < -0.3 is 14.2 Å². The van der Waals surface area contributed by atoms with Crippen molar-refractivity contribution in [3.8, 4) is 29.2 Å². The third-order valence-corrected chi connectivity index (χ3v) is 4.81. The minimum absolute atomic E-state index is 0.130. The van der Waals surface area contributed by atoms with E-state index in [1.807, 2.05) is 26.2 Å². The van der Waals surface area contributed by atoms with Gasteiger partial charge in [0.2, 0.25) is 5.88 Å². The van der Waals surface area contributed by atoms with Crippen LogP contribution in [-0.4, -0.2) is 48.0 Å². The quantitative estimate of drug-likeness (QED) is 0.388. The van der Waals surface area contributed by atoms with E-state index in [9.17, 15) is 4.79 Å². The van der Waals surface area contributed by atoms with Gasteiger partial charge >= 0.3 is 11.6 Å². The molecule has 0 amide bonds. The van der Waals surface area contributed by atoms with E-state index < -0.39 is 5.56 Å². The molecule has 0 atom stereocenters. The van der Waals surface area contributed by atoms with E-state index in [0.29, 0.717) is 29.4 Å². The highest BCUT2D eigenvalue weighted by Gasteiger charge is 2.18. The summed E-state index contributed by atoms with van der Waals surface area (Å²) in [5.74, 6) is 0.732. The number of methoxy groups -OCH3 is 1. The van der Waals surface area contributed by atoms with Gasteiger partial charge in [-0.2, -0.15) is 10.1 Å². The highest BCUT2D eigenvalue weighted by Crippen LogP contribution is 2.25. The Morgan fingerprint density at radius 2 is 1.91 bits per heavy atom. The van der Waals surface area contributed by atoms with Crippen LogP contribution in [0, 0.1) is 0 Å². The monoisotopic (exact) mass is 445 g/mol. The number of aromatic nitrogens is 7. The van der Waals surface area contributed by atoms with Gasteiger partial charge in [0.1, 0.15) is 11.3 Å². The lowest BCUT2D eigenvalue weighted by atomic mass is 10.2. The maximum atomic E-state index is 13.5. The first-order valence-corrected chi connectivity index (χ1v) is 10.1. The zero-order valence-electron chi connectivity index (χ0n) is 18.1. The summed E-state index contributed by atoms with van der Waals surface area (Å²) in [5, 5.41) is 5.22. The Bertz CT molecular complexity index is 1530. The zero-order valence-corrected chi connectivity index (χ0v) is 18.1. The molecule has 0 spiro atoms. The normalized spacial score (nSPS) is 11.1. The van der Waals surface area contributed by atoms with Crippen molar-refractivity contribution in [2.24, 2.45) is 7.05 Å². The van der Waals surface area contributed by atoms with Crippen LogP contribution in [0.1, 0.15) is 6.92 Å².